The van der Waals surface area contributed by atoms with E-state index in [9.17, 15) is 4.79 Å². The number of fused-ring (bicyclic) bond motifs is 1. The summed E-state index contributed by atoms with van der Waals surface area (Å²) in [4.78, 5) is 11.0. The maximum atomic E-state index is 11.0. The number of rotatable bonds is 1. The topological polar surface area (TPSA) is 38.8 Å². The largest absolute Gasteiger partial charge is 0.467 e. The number of carbonyl (C=O) groups excluding carboxylic acids is 1. The van der Waals surface area contributed by atoms with Crippen molar-refractivity contribution in [3.8, 4) is 0 Å². The van der Waals surface area contributed by atoms with E-state index in [1.165, 1.54) is 7.11 Å². The van der Waals surface area contributed by atoms with Gasteiger partial charge in [-0.15, -0.1) is 0 Å². The second kappa shape index (κ2) is 1.37. The Hall–Kier alpha value is -0.570. The number of ether oxygens (including phenoxy) is 2. The monoisotopic (exact) mass is 142 g/mol. The van der Waals surface area contributed by atoms with Crippen LogP contribution in [0.5, 0.6) is 0 Å². The van der Waals surface area contributed by atoms with E-state index in [0.717, 1.165) is 12.8 Å². The Morgan fingerprint density at radius 1 is 1.60 bits per heavy atom. The molecule has 1 aliphatic heterocycles. The first-order valence-electron chi connectivity index (χ1n) is 3.43. The van der Waals surface area contributed by atoms with E-state index < -0.39 is 5.60 Å². The molecule has 0 radical (unpaired) electrons. The van der Waals surface area contributed by atoms with Gasteiger partial charge in [-0.2, -0.15) is 0 Å². The molecule has 1 aliphatic carbocycles. The van der Waals surface area contributed by atoms with Gasteiger partial charge < -0.3 is 9.47 Å². The second-order valence-corrected chi connectivity index (χ2v) is 3.15. The average Bonchev–Trinajstić information content (AvgIpc) is 2.34. The van der Waals surface area contributed by atoms with Gasteiger partial charge in [-0.05, 0) is 19.8 Å². The lowest BCUT2D eigenvalue weighted by atomic mass is 9.75. The Bertz CT molecular complexity index is 201. The maximum absolute atomic E-state index is 11.0. The van der Waals surface area contributed by atoms with E-state index in [2.05, 4.69) is 4.74 Å². The third-order valence-corrected chi connectivity index (χ3v) is 2.68. The van der Waals surface area contributed by atoms with Crippen molar-refractivity contribution < 1.29 is 14.3 Å². The molecule has 1 saturated carbocycles. The molecule has 56 valence electrons. The molecule has 3 heteroatoms. The fraction of sp³-hybridized carbons (Fsp3) is 0.857. The van der Waals surface area contributed by atoms with Crippen molar-refractivity contribution in [2.24, 2.45) is 0 Å². The highest BCUT2D eigenvalue weighted by Gasteiger charge is 2.79. The highest BCUT2D eigenvalue weighted by atomic mass is 16.7. The van der Waals surface area contributed by atoms with E-state index in [1.54, 1.807) is 0 Å². The van der Waals surface area contributed by atoms with Crippen molar-refractivity contribution in [1.82, 2.24) is 0 Å². The summed E-state index contributed by atoms with van der Waals surface area (Å²) in [6.45, 7) is 1.95. The van der Waals surface area contributed by atoms with Crippen LogP contribution in [-0.2, 0) is 14.3 Å². The summed E-state index contributed by atoms with van der Waals surface area (Å²) in [5.41, 5.74) is -0.693. The van der Waals surface area contributed by atoms with E-state index in [4.69, 9.17) is 4.74 Å². The molecule has 0 bridgehead atoms. The van der Waals surface area contributed by atoms with Gasteiger partial charge in [-0.3, -0.25) is 0 Å². The zero-order chi connectivity index (χ0) is 7.41. The summed E-state index contributed by atoms with van der Waals surface area (Å²) < 4.78 is 9.88. The first-order valence-corrected chi connectivity index (χ1v) is 3.43. The van der Waals surface area contributed by atoms with Gasteiger partial charge in [-0.25, -0.2) is 4.79 Å². The van der Waals surface area contributed by atoms with E-state index in [-0.39, 0.29) is 11.6 Å². The molecular formula is C7H10O3. The van der Waals surface area contributed by atoms with Gasteiger partial charge in [0.2, 0.25) is 0 Å². The molecule has 2 atom stereocenters. The number of esters is 1. The minimum Gasteiger partial charge on any atom is -0.467 e. The number of hydrogen-bond acceptors (Lipinski definition) is 3. The van der Waals surface area contributed by atoms with Crippen LogP contribution in [-0.4, -0.2) is 24.3 Å². The van der Waals surface area contributed by atoms with E-state index >= 15 is 0 Å². The maximum Gasteiger partial charge on any atom is 0.341 e. The zero-order valence-corrected chi connectivity index (χ0v) is 6.14. The highest BCUT2D eigenvalue weighted by molar-refractivity contribution is 5.86. The van der Waals surface area contributed by atoms with E-state index in [0.29, 0.717) is 0 Å². The second-order valence-electron chi connectivity index (χ2n) is 3.15. The molecule has 0 aromatic rings. The van der Waals surface area contributed by atoms with Crippen LogP contribution >= 0.6 is 0 Å². The molecule has 0 N–H and O–H groups in total. The van der Waals surface area contributed by atoms with Crippen LogP contribution in [0.2, 0.25) is 0 Å². The lowest BCUT2D eigenvalue weighted by molar-refractivity contribution is -0.148. The molecule has 0 spiro atoms. The Labute approximate surface area is 59.3 Å². The normalized spacial score (nSPS) is 49.0. The summed E-state index contributed by atoms with van der Waals surface area (Å²) in [5.74, 6) is -0.207. The fourth-order valence-corrected chi connectivity index (χ4v) is 1.69. The predicted molar refractivity (Wildman–Crippen MR) is 33.5 cm³/mol. The molecule has 10 heavy (non-hydrogen) atoms. The molecule has 2 fully saturated rings. The van der Waals surface area contributed by atoms with Crippen LogP contribution in [0.4, 0.5) is 0 Å². The first-order chi connectivity index (χ1) is 4.65. The molecule has 2 rings (SSSR count). The SMILES string of the molecule is COC(=O)C12CCC1(C)O2. The molecule has 2 aliphatic rings. The summed E-state index contributed by atoms with van der Waals surface area (Å²) in [5, 5.41) is 0. The van der Waals surface area contributed by atoms with Gasteiger partial charge >= 0.3 is 5.97 Å². The van der Waals surface area contributed by atoms with Crippen molar-refractivity contribution in [3.63, 3.8) is 0 Å². The van der Waals surface area contributed by atoms with Gasteiger partial charge in [0.1, 0.15) is 5.60 Å². The van der Waals surface area contributed by atoms with Gasteiger partial charge in [-0.1, -0.05) is 0 Å². The summed E-state index contributed by atoms with van der Waals surface area (Å²) >= 11 is 0. The van der Waals surface area contributed by atoms with Crippen LogP contribution < -0.4 is 0 Å². The van der Waals surface area contributed by atoms with Crippen molar-refractivity contribution in [3.05, 3.63) is 0 Å². The van der Waals surface area contributed by atoms with Gasteiger partial charge in [0, 0.05) is 0 Å². The number of epoxide rings is 1. The van der Waals surface area contributed by atoms with Crippen LogP contribution in [0, 0.1) is 0 Å². The molecule has 2 unspecified atom stereocenters. The summed E-state index contributed by atoms with van der Waals surface area (Å²) in [6.07, 6.45) is 1.82. The third-order valence-electron chi connectivity index (χ3n) is 2.68. The van der Waals surface area contributed by atoms with Gasteiger partial charge in [0.25, 0.3) is 0 Å². The van der Waals surface area contributed by atoms with Crippen molar-refractivity contribution in [1.29, 1.82) is 0 Å². The molecule has 1 heterocycles. The fourth-order valence-electron chi connectivity index (χ4n) is 1.69. The van der Waals surface area contributed by atoms with Crippen LogP contribution in [0.25, 0.3) is 0 Å². The molecule has 0 aromatic carbocycles. The lowest BCUT2D eigenvalue weighted by Crippen LogP contribution is -2.42. The molecule has 1 saturated heterocycles. The smallest absolute Gasteiger partial charge is 0.341 e. The zero-order valence-electron chi connectivity index (χ0n) is 6.14. The molecule has 0 amide bonds. The van der Waals surface area contributed by atoms with Crippen molar-refractivity contribution in [2.75, 3.05) is 7.11 Å². The van der Waals surface area contributed by atoms with Gasteiger partial charge in [0.15, 0.2) is 5.60 Å². The molecular weight excluding hydrogens is 132 g/mol. The standard InChI is InChI=1S/C7H10O3/c1-6-3-4-7(6,10-6)5(8)9-2/h3-4H2,1-2H3. The van der Waals surface area contributed by atoms with Crippen molar-refractivity contribution >= 4 is 5.97 Å². The number of methoxy groups -OCH3 is 1. The quantitative estimate of drug-likeness (QED) is 0.395. The summed E-state index contributed by atoms with van der Waals surface area (Å²) in [6, 6.07) is 0. The lowest BCUT2D eigenvalue weighted by Gasteiger charge is -2.22. The minimum absolute atomic E-state index is 0.167. The molecule has 0 aromatic heterocycles. The van der Waals surface area contributed by atoms with Crippen LogP contribution in [0.1, 0.15) is 19.8 Å². The van der Waals surface area contributed by atoms with Crippen LogP contribution in [0.15, 0.2) is 0 Å². The first kappa shape index (κ1) is 6.16. The number of carbonyl (C=O) groups is 1. The Morgan fingerprint density at radius 3 is 2.40 bits per heavy atom. The highest BCUT2D eigenvalue weighted by Crippen LogP contribution is 2.63. The third kappa shape index (κ3) is 0.408. The van der Waals surface area contributed by atoms with Gasteiger partial charge in [0.05, 0.1) is 7.11 Å². The average molecular weight is 142 g/mol. The Balaban J connectivity index is 2.15. The Morgan fingerprint density at radius 2 is 2.30 bits per heavy atom. The van der Waals surface area contributed by atoms with E-state index in [1.807, 2.05) is 6.92 Å². The summed E-state index contributed by atoms with van der Waals surface area (Å²) in [7, 11) is 1.40. The minimum atomic E-state index is -0.526. The Kier molecular flexibility index (Phi) is 0.844. The molecule has 3 nitrogen and oxygen atoms in total. The van der Waals surface area contributed by atoms with Crippen LogP contribution in [0.3, 0.4) is 0 Å². The van der Waals surface area contributed by atoms with Crippen molar-refractivity contribution in [2.45, 2.75) is 31.0 Å². The predicted octanol–water partition coefficient (Wildman–Crippen LogP) is 0.481. The number of hydrogen-bond donors (Lipinski definition) is 0.